The van der Waals surface area contributed by atoms with Crippen LogP contribution in [0.2, 0.25) is 0 Å². The van der Waals surface area contributed by atoms with Crippen LogP contribution in [0.1, 0.15) is 52.5 Å². The minimum absolute atomic E-state index is 0.275. The second-order valence-corrected chi connectivity index (χ2v) is 7.72. The number of aliphatic hydroxyl groups excluding tert-OH is 1. The maximum atomic E-state index is 11.9. The zero-order valence-electron chi connectivity index (χ0n) is 15.0. The number of pyridine rings is 1. The van der Waals surface area contributed by atoms with Crippen molar-refractivity contribution >= 4 is 22.8 Å². The average molecular weight is 346 g/mol. The highest BCUT2D eigenvalue weighted by Crippen LogP contribution is 2.32. The van der Waals surface area contributed by atoms with Crippen LogP contribution in [0, 0.1) is 5.92 Å². The van der Waals surface area contributed by atoms with Gasteiger partial charge in [0.15, 0.2) is 0 Å². The van der Waals surface area contributed by atoms with Crippen molar-refractivity contribution in [2.75, 3.05) is 11.9 Å². The monoisotopic (exact) mass is 346 g/mol. The van der Waals surface area contributed by atoms with Gasteiger partial charge in [-0.1, -0.05) is 0 Å². The zero-order valence-corrected chi connectivity index (χ0v) is 15.0. The molecule has 1 aliphatic carbocycles. The van der Waals surface area contributed by atoms with E-state index in [0.29, 0.717) is 17.8 Å². The van der Waals surface area contributed by atoms with E-state index in [9.17, 15) is 9.90 Å². The van der Waals surface area contributed by atoms with Crippen molar-refractivity contribution in [3.63, 3.8) is 0 Å². The Hall–Kier alpha value is -2.15. The Morgan fingerprint density at radius 1 is 1.36 bits per heavy atom. The van der Waals surface area contributed by atoms with E-state index in [1.807, 2.05) is 37.7 Å². The van der Waals surface area contributed by atoms with Gasteiger partial charge >= 0.3 is 6.09 Å². The molecular weight excluding hydrogens is 320 g/mol. The number of aromatic nitrogens is 3. The number of hydrogen-bond donors (Lipinski definition) is 2. The minimum atomic E-state index is -0.549. The molecule has 0 atom stereocenters. The SMILES string of the molecule is CC(C)(C)OC(=O)Nc1cc2cn(C3CCC(CO)CC3)nc2cn1. The van der Waals surface area contributed by atoms with Gasteiger partial charge in [-0.3, -0.25) is 10.00 Å². The predicted octanol–water partition coefficient (Wildman–Crippen LogP) is 3.50. The Morgan fingerprint density at radius 3 is 2.72 bits per heavy atom. The number of ether oxygens (including phenoxy) is 1. The lowest BCUT2D eigenvalue weighted by Crippen LogP contribution is -2.27. The van der Waals surface area contributed by atoms with E-state index >= 15 is 0 Å². The molecular formula is C18H26N4O3. The summed E-state index contributed by atoms with van der Waals surface area (Å²) in [6, 6.07) is 2.17. The number of hydrogen-bond acceptors (Lipinski definition) is 5. The third-order valence-electron chi connectivity index (χ3n) is 4.49. The van der Waals surface area contributed by atoms with Gasteiger partial charge in [-0.05, 0) is 58.4 Å². The molecule has 2 aromatic rings. The number of carbonyl (C=O) groups excluding carboxylic acids is 1. The van der Waals surface area contributed by atoms with Crippen molar-refractivity contribution in [3.8, 4) is 0 Å². The van der Waals surface area contributed by atoms with Gasteiger partial charge < -0.3 is 9.84 Å². The van der Waals surface area contributed by atoms with Crippen LogP contribution < -0.4 is 5.32 Å². The lowest BCUT2D eigenvalue weighted by atomic mass is 9.87. The summed E-state index contributed by atoms with van der Waals surface area (Å²) in [4.78, 5) is 16.1. The fourth-order valence-electron chi connectivity index (χ4n) is 3.20. The van der Waals surface area contributed by atoms with Crippen LogP contribution in [0.15, 0.2) is 18.5 Å². The Kier molecular flexibility index (Phi) is 4.94. The molecule has 0 radical (unpaired) electrons. The summed E-state index contributed by atoms with van der Waals surface area (Å²) in [6.45, 7) is 5.73. The largest absolute Gasteiger partial charge is 0.444 e. The first-order chi connectivity index (χ1) is 11.8. The Morgan fingerprint density at radius 2 is 2.08 bits per heavy atom. The van der Waals surface area contributed by atoms with Crippen molar-refractivity contribution in [3.05, 3.63) is 18.5 Å². The van der Waals surface area contributed by atoms with Crippen LogP contribution >= 0.6 is 0 Å². The van der Waals surface area contributed by atoms with Gasteiger partial charge in [0.1, 0.15) is 16.9 Å². The number of fused-ring (bicyclic) bond motifs is 1. The van der Waals surface area contributed by atoms with Gasteiger partial charge in [-0.2, -0.15) is 5.10 Å². The molecule has 0 spiro atoms. The first-order valence-corrected chi connectivity index (χ1v) is 8.80. The molecule has 1 amide bonds. The van der Waals surface area contributed by atoms with Crippen LogP contribution in [0.25, 0.3) is 10.9 Å². The normalized spacial score (nSPS) is 21.3. The first-order valence-electron chi connectivity index (χ1n) is 8.80. The van der Waals surface area contributed by atoms with E-state index in [0.717, 1.165) is 36.6 Å². The molecule has 7 heteroatoms. The second-order valence-electron chi connectivity index (χ2n) is 7.72. The van der Waals surface area contributed by atoms with Crippen molar-refractivity contribution < 1.29 is 14.6 Å². The number of anilines is 1. The van der Waals surface area contributed by atoms with Gasteiger partial charge in [-0.15, -0.1) is 0 Å². The van der Waals surface area contributed by atoms with E-state index in [1.165, 1.54) is 0 Å². The van der Waals surface area contributed by atoms with Crippen LogP contribution in [0.3, 0.4) is 0 Å². The third kappa shape index (κ3) is 4.48. The molecule has 1 aliphatic rings. The Balaban J connectivity index is 1.70. The van der Waals surface area contributed by atoms with E-state index in [4.69, 9.17) is 4.74 Å². The molecule has 0 saturated heterocycles. The van der Waals surface area contributed by atoms with Gasteiger partial charge in [-0.25, -0.2) is 9.78 Å². The molecule has 2 N–H and O–H groups in total. The van der Waals surface area contributed by atoms with Crippen LogP contribution in [0.5, 0.6) is 0 Å². The summed E-state index contributed by atoms with van der Waals surface area (Å²) >= 11 is 0. The number of rotatable bonds is 3. The maximum Gasteiger partial charge on any atom is 0.413 e. The van der Waals surface area contributed by atoms with E-state index < -0.39 is 11.7 Å². The first kappa shape index (κ1) is 17.7. The van der Waals surface area contributed by atoms with E-state index in [1.54, 1.807) is 6.20 Å². The van der Waals surface area contributed by atoms with Crippen molar-refractivity contribution in [1.29, 1.82) is 0 Å². The summed E-state index contributed by atoms with van der Waals surface area (Å²) in [6.07, 6.45) is 7.25. The summed E-state index contributed by atoms with van der Waals surface area (Å²) in [7, 11) is 0. The molecule has 0 aliphatic heterocycles. The molecule has 136 valence electrons. The maximum absolute atomic E-state index is 11.9. The van der Waals surface area contributed by atoms with Crippen molar-refractivity contribution in [1.82, 2.24) is 14.8 Å². The zero-order chi connectivity index (χ0) is 18.0. The minimum Gasteiger partial charge on any atom is -0.444 e. The van der Waals surface area contributed by atoms with Gasteiger partial charge in [0.05, 0.1) is 12.2 Å². The third-order valence-corrected chi connectivity index (χ3v) is 4.49. The molecule has 7 nitrogen and oxygen atoms in total. The van der Waals surface area contributed by atoms with Gasteiger partial charge in [0.25, 0.3) is 0 Å². The highest BCUT2D eigenvalue weighted by atomic mass is 16.6. The number of nitrogens with one attached hydrogen (secondary N) is 1. The summed E-state index contributed by atoms with van der Waals surface area (Å²) in [5, 5.41) is 17.5. The number of nitrogens with zero attached hydrogens (tertiary/aromatic N) is 3. The summed E-state index contributed by atoms with van der Waals surface area (Å²) < 4.78 is 7.24. The fraction of sp³-hybridized carbons (Fsp3) is 0.611. The molecule has 2 heterocycles. The van der Waals surface area contributed by atoms with Crippen molar-refractivity contribution in [2.45, 2.75) is 58.1 Å². The average Bonchev–Trinajstić information content (AvgIpc) is 2.96. The summed E-state index contributed by atoms with van der Waals surface area (Å²) in [5.41, 5.74) is 0.256. The molecule has 3 rings (SSSR count). The topological polar surface area (TPSA) is 89.3 Å². The number of carbonyl (C=O) groups is 1. The highest BCUT2D eigenvalue weighted by Gasteiger charge is 2.23. The van der Waals surface area contributed by atoms with Crippen LogP contribution in [-0.2, 0) is 4.74 Å². The Bertz CT molecular complexity index is 742. The molecule has 0 aromatic carbocycles. The second kappa shape index (κ2) is 7.00. The number of aliphatic hydroxyl groups is 1. The standard InChI is InChI=1S/C18H26N4O3/c1-18(2,3)25-17(24)20-16-8-13-10-22(21-15(13)9-19-16)14-6-4-12(11-23)5-7-14/h8-10,12,14,23H,4-7,11H2,1-3H3,(H,20,24). The molecule has 1 fully saturated rings. The quantitative estimate of drug-likeness (QED) is 0.888. The van der Waals surface area contributed by atoms with E-state index in [-0.39, 0.29) is 6.61 Å². The smallest absolute Gasteiger partial charge is 0.413 e. The van der Waals surface area contributed by atoms with E-state index in [2.05, 4.69) is 15.4 Å². The van der Waals surface area contributed by atoms with Crippen molar-refractivity contribution in [2.24, 2.45) is 5.92 Å². The van der Waals surface area contributed by atoms with Crippen LogP contribution in [0.4, 0.5) is 10.6 Å². The molecule has 25 heavy (non-hydrogen) atoms. The molecule has 0 bridgehead atoms. The predicted molar refractivity (Wildman–Crippen MR) is 95.5 cm³/mol. The van der Waals surface area contributed by atoms with Gasteiger partial charge in [0.2, 0.25) is 0 Å². The number of amides is 1. The highest BCUT2D eigenvalue weighted by molar-refractivity contribution is 5.87. The van der Waals surface area contributed by atoms with Crippen LogP contribution in [-0.4, -0.2) is 38.2 Å². The molecule has 1 saturated carbocycles. The summed E-state index contributed by atoms with van der Waals surface area (Å²) in [5.74, 6) is 0.873. The van der Waals surface area contributed by atoms with Gasteiger partial charge in [0, 0.05) is 18.2 Å². The molecule has 0 unspecified atom stereocenters. The Labute approximate surface area is 147 Å². The lowest BCUT2D eigenvalue weighted by molar-refractivity contribution is 0.0635. The fourth-order valence-corrected chi connectivity index (χ4v) is 3.20. The lowest BCUT2D eigenvalue weighted by Gasteiger charge is -2.27. The molecule has 2 aromatic heterocycles.